The molecule has 0 unspecified atom stereocenters. The first-order valence-corrected chi connectivity index (χ1v) is 9.82. The van der Waals surface area contributed by atoms with Crippen LogP contribution in [0.2, 0.25) is 0 Å². The average molecular weight is 403 g/mol. The number of nitrogens with one attached hydrogen (secondary N) is 2. The Hall–Kier alpha value is -3.72. The van der Waals surface area contributed by atoms with Crippen LogP contribution < -0.4 is 10.2 Å². The van der Waals surface area contributed by atoms with Gasteiger partial charge in [-0.25, -0.2) is 0 Å². The van der Waals surface area contributed by atoms with Gasteiger partial charge in [0, 0.05) is 41.8 Å². The number of hydrogen-bond donors (Lipinski definition) is 3. The van der Waals surface area contributed by atoms with Crippen molar-refractivity contribution in [1.29, 1.82) is 0 Å². The van der Waals surface area contributed by atoms with Crippen LogP contribution in [0.4, 0.5) is 5.95 Å². The number of tetrazole rings is 1. The van der Waals surface area contributed by atoms with E-state index in [0.29, 0.717) is 31.0 Å². The monoisotopic (exact) mass is 403 g/mol. The van der Waals surface area contributed by atoms with E-state index in [-0.39, 0.29) is 11.9 Å². The van der Waals surface area contributed by atoms with E-state index in [2.05, 4.69) is 25.8 Å². The lowest BCUT2D eigenvalue weighted by Gasteiger charge is -2.36. The Morgan fingerprint density at radius 2 is 2.00 bits per heavy atom. The van der Waals surface area contributed by atoms with Crippen LogP contribution in [-0.4, -0.2) is 61.4 Å². The largest absolute Gasteiger partial charge is 0.391 e. The molecule has 152 valence electrons. The summed E-state index contributed by atoms with van der Waals surface area (Å²) in [6, 6.07) is 16.8. The first-order valence-electron chi connectivity index (χ1n) is 9.82. The van der Waals surface area contributed by atoms with Gasteiger partial charge in [0.05, 0.1) is 11.8 Å². The number of carbonyl (C=O) groups excluding carboxylic acids is 1. The molecule has 9 heteroatoms. The molecule has 0 aliphatic carbocycles. The predicted octanol–water partition coefficient (Wildman–Crippen LogP) is 1.51. The van der Waals surface area contributed by atoms with Crippen molar-refractivity contribution in [2.24, 2.45) is 0 Å². The Labute approximate surface area is 172 Å². The van der Waals surface area contributed by atoms with Crippen LogP contribution in [0.3, 0.4) is 0 Å². The Morgan fingerprint density at radius 1 is 1.13 bits per heavy atom. The normalized spacial score (nSPS) is 19.2. The number of carbonyl (C=O) groups is 1. The van der Waals surface area contributed by atoms with Crippen molar-refractivity contribution in [3.8, 4) is 5.69 Å². The second-order valence-corrected chi connectivity index (χ2v) is 7.47. The molecule has 3 heterocycles. The zero-order chi connectivity index (χ0) is 20.5. The van der Waals surface area contributed by atoms with Crippen molar-refractivity contribution in [2.75, 3.05) is 18.0 Å². The quantitative estimate of drug-likeness (QED) is 0.476. The average Bonchev–Trinajstić information content (AvgIpc) is 3.43. The van der Waals surface area contributed by atoms with Crippen LogP contribution in [-0.2, 0) is 0 Å². The van der Waals surface area contributed by atoms with Crippen molar-refractivity contribution in [1.82, 2.24) is 30.5 Å². The van der Waals surface area contributed by atoms with Gasteiger partial charge in [-0.1, -0.05) is 23.3 Å². The summed E-state index contributed by atoms with van der Waals surface area (Å²) in [4.78, 5) is 17.8. The molecule has 1 aliphatic rings. The van der Waals surface area contributed by atoms with Crippen molar-refractivity contribution < 1.29 is 9.90 Å². The third-order valence-electron chi connectivity index (χ3n) is 5.32. The minimum atomic E-state index is -0.600. The van der Waals surface area contributed by atoms with Gasteiger partial charge >= 0.3 is 0 Å². The lowest BCUT2D eigenvalue weighted by atomic mass is 10.0. The number of fused-ring (bicyclic) bond motifs is 1. The molecule has 1 fully saturated rings. The summed E-state index contributed by atoms with van der Waals surface area (Å²) in [7, 11) is 0. The van der Waals surface area contributed by atoms with Crippen LogP contribution in [0.5, 0.6) is 0 Å². The molecule has 1 amide bonds. The minimum Gasteiger partial charge on any atom is -0.391 e. The highest BCUT2D eigenvalue weighted by Crippen LogP contribution is 2.21. The number of aliphatic hydroxyl groups is 1. The number of aromatic nitrogens is 5. The Morgan fingerprint density at radius 3 is 2.87 bits per heavy atom. The van der Waals surface area contributed by atoms with E-state index in [9.17, 15) is 9.90 Å². The van der Waals surface area contributed by atoms with E-state index in [1.54, 1.807) is 10.7 Å². The standard InChI is InChI=1S/C21H21N7O2/c29-18-11-16(23-20(30)15-6-7-19-14(10-15)8-9-22-19)12-27(13-18)21-24-25-26-28(21)17-4-2-1-3-5-17/h1-10,16,18,22,29H,11-13H2,(H,23,30)/t16-,18+/m0/s1. The summed E-state index contributed by atoms with van der Waals surface area (Å²) in [5, 5.41) is 26.5. The zero-order valence-corrected chi connectivity index (χ0v) is 16.1. The number of aliphatic hydroxyl groups excluding tert-OH is 1. The number of anilines is 1. The van der Waals surface area contributed by atoms with Gasteiger partial charge in [0.25, 0.3) is 11.9 Å². The van der Waals surface area contributed by atoms with Crippen molar-refractivity contribution in [2.45, 2.75) is 18.6 Å². The number of H-pyrrole nitrogens is 1. The number of amides is 1. The maximum Gasteiger partial charge on any atom is 0.251 e. The molecular weight excluding hydrogens is 382 g/mol. The van der Waals surface area contributed by atoms with Crippen LogP contribution >= 0.6 is 0 Å². The third kappa shape index (κ3) is 3.50. The van der Waals surface area contributed by atoms with Gasteiger partial charge in [0.1, 0.15) is 0 Å². The molecule has 1 saturated heterocycles. The van der Waals surface area contributed by atoms with Gasteiger partial charge in [-0.05, 0) is 53.2 Å². The van der Waals surface area contributed by atoms with E-state index < -0.39 is 6.10 Å². The molecule has 4 aromatic rings. The molecule has 0 saturated carbocycles. The topological polar surface area (TPSA) is 112 Å². The molecule has 5 rings (SSSR count). The first-order chi connectivity index (χ1) is 14.7. The van der Waals surface area contributed by atoms with Crippen LogP contribution in [0.15, 0.2) is 60.8 Å². The van der Waals surface area contributed by atoms with Crippen LogP contribution in [0, 0.1) is 0 Å². The summed E-state index contributed by atoms with van der Waals surface area (Å²) in [5.41, 5.74) is 2.40. The number of para-hydroxylation sites is 1. The highest BCUT2D eigenvalue weighted by molar-refractivity contribution is 5.98. The van der Waals surface area contributed by atoms with Crippen LogP contribution in [0.1, 0.15) is 16.8 Å². The predicted molar refractivity (Wildman–Crippen MR) is 112 cm³/mol. The summed E-state index contributed by atoms with van der Waals surface area (Å²) < 4.78 is 1.64. The lowest BCUT2D eigenvalue weighted by Crippen LogP contribution is -2.53. The third-order valence-corrected chi connectivity index (χ3v) is 5.32. The van der Waals surface area contributed by atoms with Crippen molar-refractivity contribution in [3.05, 3.63) is 66.4 Å². The second kappa shape index (κ2) is 7.60. The van der Waals surface area contributed by atoms with E-state index in [1.807, 2.05) is 59.6 Å². The van der Waals surface area contributed by atoms with Gasteiger partial charge in [0.15, 0.2) is 0 Å². The smallest absolute Gasteiger partial charge is 0.251 e. The Bertz CT molecular complexity index is 1170. The lowest BCUT2D eigenvalue weighted by molar-refractivity contribution is 0.0894. The molecule has 0 bridgehead atoms. The van der Waals surface area contributed by atoms with Crippen molar-refractivity contribution >= 4 is 22.8 Å². The molecule has 2 aromatic heterocycles. The Balaban J connectivity index is 1.34. The zero-order valence-electron chi connectivity index (χ0n) is 16.1. The minimum absolute atomic E-state index is 0.167. The fourth-order valence-electron chi connectivity index (χ4n) is 3.92. The van der Waals surface area contributed by atoms with Gasteiger partial charge in [-0.2, -0.15) is 4.68 Å². The van der Waals surface area contributed by atoms with Gasteiger partial charge < -0.3 is 20.3 Å². The fourth-order valence-corrected chi connectivity index (χ4v) is 3.92. The summed E-state index contributed by atoms with van der Waals surface area (Å²) in [5.74, 6) is 0.368. The molecular formula is C21H21N7O2. The number of benzene rings is 2. The van der Waals surface area contributed by atoms with Gasteiger partial charge in [-0.15, -0.1) is 0 Å². The molecule has 9 nitrogen and oxygen atoms in total. The highest BCUT2D eigenvalue weighted by Gasteiger charge is 2.30. The number of piperidine rings is 1. The second-order valence-electron chi connectivity index (χ2n) is 7.47. The van der Waals surface area contributed by atoms with Gasteiger partial charge in [-0.3, -0.25) is 4.79 Å². The maximum absolute atomic E-state index is 12.8. The van der Waals surface area contributed by atoms with E-state index in [4.69, 9.17) is 0 Å². The summed E-state index contributed by atoms with van der Waals surface area (Å²) in [6.45, 7) is 0.900. The van der Waals surface area contributed by atoms with Crippen LogP contribution in [0.25, 0.3) is 16.6 Å². The molecule has 3 N–H and O–H groups in total. The number of hydrogen-bond acceptors (Lipinski definition) is 6. The molecule has 0 radical (unpaired) electrons. The van der Waals surface area contributed by atoms with E-state index in [1.165, 1.54) is 0 Å². The van der Waals surface area contributed by atoms with Gasteiger partial charge in [0.2, 0.25) is 0 Å². The number of rotatable bonds is 4. The molecule has 0 spiro atoms. The fraction of sp³-hybridized carbons (Fsp3) is 0.238. The Kier molecular flexibility index (Phi) is 4.64. The van der Waals surface area contributed by atoms with E-state index >= 15 is 0 Å². The summed E-state index contributed by atoms with van der Waals surface area (Å²) >= 11 is 0. The summed E-state index contributed by atoms with van der Waals surface area (Å²) in [6.07, 6.45) is 1.72. The molecule has 2 atom stereocenters. The highest BCUT2D eigenvalue weighted by atomic mass is 16.3. The molecule has 1 aliphatic heterocycles. The van der Waals surface area contributed by atoms with E-state index in [0.717, 1.165) is 16.6 Å². The number of aromatic amines is 1. The number of nitrogens with zero attached hydrogens (tertiary/aromatic N) is 5. The molecule has 2 aromatic carbocycles. The maximum atomic E-state index is 12.8. The number of β-amino-alcohol motifs (C(OH)–C–C–N with tert-alkyl or cyclic N) is 1. The SMILES string of the molecule is O=C(N[C@H]1C[C@@H](O)CN(c2nnnn2-c2ccccc2)C1)c1ccc2[nH]ccc2c1. The first kappa shape index (κ1) is 18.3. The van der Waals surface area contributed by atoms with Crippen molar-refractivity contribution in [3.63, 3.8) is 0 Å². The molecule has 30 heavy (non-hydrogen) atoms.